The van der Waals surface area contributed by atoms with Crippen molar-refractivity contribution in [1.29, 1.82) is 0 Å². The lowest BCUT2D eigenvalue weighted by Crippen LogP contribution is -2.04. The van der Waals surface area contributed by atoms with E-state index < -0.39 is 0 Å². The van der Waals surface area contributed by atoms with E-state index in [1.807, 2.05) is 19.1 Å². The highest BCUT2D eigenvalue weighted by atomic mass is 32.1. The van der Waals surface area contributed by atoms with Crippen molar-refractivity contribution in [2.45, 2.75) is 26.8 Å². The van der Waals surface area contributed by atoms with E-state index in [4.69, 9.17) is 16.6 Å². The number of halogens is 1. The fraction of sp³-hybridized carbons (Fsp3) is 0.190. The van der Waals surface area contributed by atoms with Crippen LogP contribution in [0.25, 0.3) is 0 Å². The Morgan fingerprint density at radius 3 is 2.76 bits per heavy atom. The number of hydrogen-bond acceptors (Lipinski definition) is 4. The molecule has 0 aliphatic carbocycles. The van der Waals surface area contributed by atoms with Crippen LogP contribution in [0.15, 0.2) is 58.2 Å². The van der Waals surface area contributed by atoms with Gasteiger partial charge < -0.3 is 8.98 Å². The second kappa shape index (κ2) is 8.00. The van der Waals surface area contributed by atoms with Crippen molar-refractivity contribution >= 4 is 18.4 Å². The number of furan rings is 1. The van der Waals surface area contributed by atoms with E-state index in [2.05, 4.69) is 32.9 Å². The monoisotopic (exact) mass is 409 g/mol. The molecule has 0 fully saturated rings. The minimum absolute atomic E-state index is 0.268. The van der Waals surface area contributed by atoms with Gasteiger partial charge in [-0.15, -0.1) is 0 Å². The van der Waals surface area contributed by atoms with Gasteiger partial charge in [-0.1, -0.05) is 12.1 Å². The number of aromatic nitrogens is 4. The predicted molar refractivity (Wildman–Crippen MR) is 111 cm³/mol. The van der Waals surface area contributed by atoms with Gasteiger partial charge in [0.2, 0.25) is 4.77 Å². The van der Waals surface area contributed by atoms with Crippen LogP contribution in [0.1, 0.15) is 34.1 Å². The maximum absolute atomic E-state index is 13.1. The van der Waals surface area contributed by atoms with Crippen LogP contribution in [-0.2, 0) is 13.0 Å². The Morgan fingerprint density at radius 1 is 1.24 bits per heavy atom. The van der Waals surface area contributed by atoms with E-state index in [-0.39, 0.29) is 5.82 Å². The van der Waals surface area contributed by atoms with Crippen molar-refractivity contribution in [3.8, 4) is 0 Å². The zero-order chi connectivity index (χ0) is 20.4. The van der Waals surface area contributed by atoms with Crippen LogP contribution in [0.2, 0.25) is 0 Å². The standard InChI is InChI=1S/C21H20FN5OS/c1-14-10-17(15(2)26(14)13-19-4-3-9-28-19)12-23-27-20(24-25-21(27)29)11-16-5-7-18(22)8-6-16/h3-10,12H,11,13H2,1-2H3,(H,25,29)/b23-12-. The van der Waals surface area contributed by atoms with Gasteiger partial charge in [-0.05, 0) is 62.0 Å². The molecule has 4 aromatic rings. The molecule has 0 unspecified atom stereocenters. The van der Waals surface area contributed by atoms with Crippen LogP contribution in [0.4, 0.5) is 4.39 Å². The number of aryl methyl sites for hydroxylation is 1. The Balaban J connectivity index is 1.59. The number of nitrogens with zero attached hydrogens (tertiary/aromatic N) is 4. The van der Waals surface area contributed by atoms with Crippen molar-refractivity contribution in [2.24, 2.45) is 5.10 Å². The summed E-state index contributed by atoms with van der Waals surface area (Å²) in [7, 11) is 0. The van der Waals surface area contributed by atoms with Gasteiger partial charge in [0, 0.05) is 23.4 Å². The van der Waals surface area contributed by atoms with E-state index in [0.717, 1.165) is 28.3 Å². The Bertz CT molecular complexity index is 1200. The predicted octanol–water partition coefficient (Wildman–Crippen LogP) is 4.61. The lowest BCUT2D eigenvalue weighted by molar-refractivity contribution is 0.489. The zero-order valence-electron chi connectivity index (χ0n) is 16.1. The number of aromatic amines is 1. The molecule has 3 heterocycles. The fourth-order valence-electron chi connectivity index (χ4n) is 3.22. The molecule has 1 N–H and O–H groups in total. The van der Waals surface area contributed by atoms with Crippen molar-refractivity contribution in [3.63, 3.8) is 0 Å². The first-order valence-corrected chi connectivity index (χ1v) is 9.56. The molecular weight excluding hydrogens is 389 g/mol. The summed E-state index contributed by atoms with van der Waals surface area (Å²) >= 11 is 5.32. The highest BCUT2D eigenvalue weighted by molar-refractivity contribution is 7.71. The van der Waals surface area contributed by atoms with Gasteiger partial charge >= 0.3 is 0 Å². The second-order valence-corrected chi connectivity index (χ2v) is 7.18. The van der Waals surface area contributed by atoms with E-state index in [9.17, 15) is 4.39 Å². The third kappa shape index (κ3) is 4.12. The molecule has 0 amide bonds. The highest BCUT2D eigenvalue weighted by Gasteiger charge is 2.11. The molecule has 0 spiro atoms. The van der Waals surface area contributed by atoms with Crippen LogP contribution >= 0.6 is 12.2 Å². The molecule has 29 heavy (non-hydrogen) atoms. The smallest absolute Gasteiger partial charge is 0.216 e. The average molecular weight is 409 g/mol. The Morgan fingerprint density at radius 2 is 2.03 bits per heavy atom. The Kier molecular flexibility index (Phi) is 5.26. The summed E-state index contributed by atoms with van der Waals surface area (Å²) in [4.78, 5) is 0. The molecule has 0 radical (unpaired) electrons. The van der Waals surface area contributed by atoms with Gasteiger partial charge in [0.25, 0.3) is 0 Å². The maximum Gasteiger partial charge on any atom is 0.216 e. The van der Waals surface area contributed by atoms with Crippen LogP contribution in [-0.4, -0.2) is 25.7 Å². The average Bonchev–Trinajstić information content (AvgIpc) is 3.40. The minimum atomic E-state index is -0.268. The molecule has 0 saturated carbocycles. The van der Waals surface area contributed by atoms with Gasteiger partial charge in [-0.3, -0.25) is 5.10 Å². The van der Waals surface area contributed by atoms with E-state index >= 15 is 0 Å². The third-order valence-electron chi connectivity index (χ3n) is 4.81. The first-order chi connectivity index (χ1) is 14.0. The normalized spacial score (nSPS) is 11.6. The first kappa shape index (κ1) is 19.1. The molecule has 8 heteroatoms. The number of benzene rings is 1. The molecule has 3 aromatic heterocycles. The van der Waals surface area contributed by atoms with Gasteiger partial charge in [0.15, 0.2) is 5.82 Å². The van der Waals surface area contributed by atoms with Gasteiger partial charge in [-0.2, -0.15) is 14.9 Å². The van der Waals surface area contributed by atoms with Crippen molar-refractivity contribution in [1.82, 2.24) is 19.4 Å². The lowest BCUT2D eigenvalue weighted by atomic mass is 10.1. The van der Waals surface area contributed by atoms with Crippen LogP contribution < -0.4 is 0 Å². The molecule has 0 aliphatic heterocycles. The largest absolute Gasteiger partial charge is 0.467 e. The summed E-state index contributed by atoms with van der Waals surface area (Å²) in [6.45, 7) is 4.77. The van der Waals surface area contributed by atoms with Gasteiger partial charge in [0.1, 0.15) is 11.6 Å². The fourth-order valence-corrected chi connectivity index (χ4v) is 3.42. The molecule has 0 atom stereocenters. The molecule has 0 bridgehead atoms. The van der Waals surface area contributed by atoms with E-state index in [1.54, 1.807) is 29.3 Å². The Hall–Kier alpha value is -3.26. The van der Waals surface area contributed by atoms with Crippen LogP contribution in [0, 0.1) is 24.4 Å². The number of rotatable bonds is 6. The summed E-state index contributed by atoms with van der Waals surface area (Å²) in [6, 6.07) is 12.2. The second-order valence-electron chi connectivity index (χ2n) is 6.80. The third-order valence-corrected chi connectivity index (χ3v) is 5.08. The minimum Gasteiger partial charge on any atom is -0.467 e. The van der Waals surface area contributed by atoms with Crippen LogP contribution in [0.5, 0.6) is 0 Å². The molecule has 0 aliphatic rings. The van der Waals surface area contributed by atoms with E-state index in [1.165, 1.54) is 12.1 Å². The van der Waals surface area contributed by atoms with Gasteiger partial charge in [-0.25, -0.2) is 4.39 Å². The zero-order valence-corrected chi connectivity index (χ0v) is 16.9. The maximum atomic E-state index is 13.1. The number of H-pyrrole nitrogens is 1. The molecule has 4 rings (SSSR count). The lowest BCUT2D eigenvalue weighted by Gasteiger charge is -2.07. The van der Waals surface area contributed by atoms with Crippen molar-refractivity contribution in [2.75, 3.05) is 0 Å². The van der Waals surface area contributed by atoms with E-state index in [0.29, 0.717) is 23.6 Å². The topological polar surface area (TPSA) is 64.0 Å². The highest BCUT2D eigenvalue weighted by Crippen LogP contribution is 2.16. The summed E-state index contributed by atoms with van der Waals surface area (Å²) in [5.74, 6) is 1.28. The molecular formula is C21H20FN5OS. The summed E-state index contributed by atoms with van der Waals surface area (Å²) in [5, 5.41) is 11.6. The summed E-state index contributed by atoms with van der Waals surface area (Å²) < 4.78 is 22.8. The van der Waals surface area contributed by atoms with Gasteiger partial charge in [0.05, 0.1) is 19.0 Å². The quantitative estimate of drug-likeness (QED) is 0.374. The van der Waals surface area contributed by atoms with Crippen molar-refractivity contribution < 1.29 is 8.81 Å². The molecule has 148 valence electrons. The molecule has 1 aromatic carbocycles. The number of hydrogen-bond donors (Lipinski definition) is 1. The molecule has 0 saturated heterocycles. The first-order valence-electron chi connectivity index (χ1n) is 9.15. The number of nitrogens with one attached hydrogen (secondary N) is 1. The summed E-state index contributed by atoms with van der Waals surface area (Å²) in [5.41, 5.74) is 4.11. The summed E-state index contributed by atoms with van der Waals surface area (Å²) in [6.07, 6.45) is 3.94. The van der Waals surface area contributed by atoms with Crippen LogP contribution in [0.3, 0.4) is 0 Å². The SMILES string of the molecule is Cc1cc(/C=N\n2c(Cc3ccc(F)cc3)n[nH]c2=S)c(C)n1Cc1ccco1. The van der Waals surface area contributed by atoms with Crippen molar-refractivity contribution in [3.05, 3.63) is 93.4 Å². The Labute approximate surface area is 172 Å². The molecule has 6 nitrogen and oxygen atoms in total.